The van der Waals surface area contributed by atoms with Gasteiger partial charge >= 0.3 is 0 Å². The van der Waals surface area contributed by atoms with E-state index in [9.17, 15) is 28.8 Å². The van der Waals surface area contributed by atoms with Gasteiger partial charge in [0, 0.05) is 22.7 Å². The highest BCUT2D eigenvalue weighted by atomic mass is 35.5. The fourth-order valence-electron chi connectivity index (χ4n) is 6.85. The van der Waals surface area contributed by atoms with E-state index >= 15 is 0 Å². The number of nitrogens with one attached hydrogen (secondary N) is 4. The quantitative estimate of drug-likeness (QED) is 0.0382. The van der Waals surface area contributed by atoms with Gasteiger partial charge in [-0.3, -0.25) is 28.8 Å². The predicted octanol–water partition coefficient (Wildman–Crippen LogP) is 12.6. The number of anilines is 4. The van der Waals surface area contributed by atoms with E-state index in [2.05, 4.69) is 41.7 Å². The van der Waals surface area contributed by atoms with Gasteiger partial charge < -0.3 is 21.3 Å². The van der Waals surface area contributed by atoms with Crippen LogP contribution in [-0.4, -0.2) is 47.3 Å². The lowest BCUT2D eigenvalue weighted by molar-refractivity contribution is -0.127. The van der Waals surface area contributed by atoms with Crippen LogP contribution < -0.4 is 21.3 Å². The molecule has 4 unspecified atom stereocenters. The van der Waals surface area contributed by atoms with E-state index in [1.165, 1.54) is 50.2 Å². The van der Waals surface area contributed by atoms with Gasteiger partial charge in [-0.2, -0.15) is 20.5 Å². The largest absolute Gasteiger partial charge is 0.323 e. The summed E-state index contributed by atoms with van der Waals surface area (Å²) in [5.74, 6) is -3.87. The van der Waals surface area contributed by atoms with Gasteiger partial charge in [0.15, 0.2) is 11.6 Å². The second-order valence-corrected chi connectivity index (χ2v) is 16.9. The lowest BCUT2D eigenvalue weighted by Crippen LogP contribution is -2.33. The molecule has 0 radical (unpaired) electrons. The number of hydrogen-bond donors (Lipinski definition) is 4. The zero-order chi connectivity index (χ0) is 48.2. The first kappa shape index (κ1) is 50.7. The summed E-state index contributed by atoms with van der Waals surface area (Å²) >= 11 is 25.8. The van der Waals surface area contributed by atoms with Gasteiger partial charge in [0.1, 0.15) is 11.4 Å². The minimum absolute atomic E-state index is 0.0486. The molecule has 4 amide bonds. The third-order valence-corrected chi connectivity index (χ3v) is 11.5. The number of halogens is 4. The number of rotatable bonds is 18. The lowest BCUT2D eigenvalue weighted by atomic mass is 9.98. The van der Waals surface area contributed by atoms with Gasteiger partial charge in [-0.1, -0.05) is 85.6 Å². The number of nitrogens with zero attached hydrogens (tertiary/aromatic N) is 4. The third kappa shape index (κ3) is 12.3. The van der Waals surface area contributed by atoms with E-state index in [1.807, 2.05) is 13.8 Å². The molecule has 0 aliphatic rings. The van der Waals surface area contributed by atoms with Crippen LogP contribution in [0.4, 0.5) is 34.1 Å². The molecule has 4 atom stereocenters. The van der Waals surface area contributed by atoms with E-state index in [0.717, 1.165) is 0 Å². The van der Waals surface area contributed by atoms with Crippen LogP contribution >= 0.6 is 46.4 Å². The highest BCUT2D eigenvalue weighted by Gasteiger charge is 2.28. The molecule has 342 valence electrons. The SMILES string of the molecule is CCc1c(NC(=O)C(N=Nc2cccc(C(=O)Nc3ccccc3C(C)Cl)c2Cl)C(C)=O)ccc(NC(=O)C(N=Nc2cccc(C(=O)Nc3ccccc3C(C)Cl)c2Cl)C(C)=O)c1CC. The first-order chi connectivity index (χ1) is 31.5. The average molecular weight is 973 g/mol. The number of carbonyl (C=O) groups excluding carboxylic acids is 6. The van der Waals surface area contributed by atoms with Gasteiger partial charge in [-0.05, 0) is 111 Å². The average Bonchev–Trinajstić information content (AvgIpc) is 3.27. The molecule has 5 aromatic carbocycles. The van der Waals surface area contributed by atoms with E-state index in [-0.39, 0.29) is 43.3 Å². The summed E-state index contributed by atoms with van der Waals surface area (Å²) in [6.45, 7) is 9.63. The molecular weight excluding hydrogens is 926 g/mol. The van der Waals surface area contributed by atoms with Gasteiger partial charge in [0.05, 0.1) is 31.9 Å². The number of benzene rings is 5. The summed E-state index contributed by atoms with van der Waals surface area (Å²) in [5, 5.41) is 26.6. The molecule has 5 rings (SSSR count). The number of alkyl halides is 2. The smallest absolute Gasteiger partial charge is 0.258 e. The molecule has 0 spiro atoms. The van der Waals surface area contributed by atoms with Crippen molar-refractivity contribution in [3.63, 3.8) is 0 Å². The van der Waals surface area contributed by atoms with Crippen LogP contribution in [0.25, 0.3) is 0 Å². The molecule has 0 saturated heterocycles. The van der Waals surface area contributed by atoms with E-state index < -0.39 is 47.3 Å². The summed E-state index contributed by atoms with van der Waals surface area (Å²) in [7, 11) is 0. The van der Waals surface area contributed by atoms with Crippen molar-refractivity contribution in [3.05, 3.63) is 140 Å². The molecule has 0 aliphatic heterocycles. The highest BCUT2D eigenvalue weighted by molar-refractivity contribution is 6.37. The minimum atomic E-state index is -1.59. The Labute approximate surface area is 402 Å². The molecule has 5 aromatic rings. The maximum atomic E-state index is 13.7. The van der Waals surface area contributed by atoms with Crippen LogP contribution in [0.1, 0.15) is 95.3 Å². The summed E-state index contributed by atoms with van der Waals surface area (Å²) in [5.41, 5.74) is 4.67. The van der Waals surface area contributed by atoms with Crippen LogP contribution in [0, 0.1) is 0 Å². The van der Waals surface area contributed by atoms with Crippen molar-refractivity contribution in [2.75, 3.05) is 21.3 Å². The van der Waals surface area contributed by atoms with Crippen LogP contribution in [-0.2, 0) is 32.0 Å². The lowest BCUT2D eigenvalue weighted by Gasteiger charge is -2.20. The van der Waals surface area contributed by atoms with Crippen LogP contribution in [0.2, 0.25) is 10.0 Å². The number of Topliss-reactive ketones (excluding diaryl/α,β-unsaturated/α-hetero) is 2. The molecule has 0 saturated carbocycles. The van der Waals surface area contributed by atoms with Crippen molar-refractivity contribution in [3.8, 4) is 0 Å². The number of hydrogen-bond acceptors (Lipinski definition) is 10. The number of amides is 4. The summed E-state index contributed by atoms with van der Waals surface area (Å²) in [6.07, 6.45) is 0.782. The molecule has 4 N–H and O–H groups in total. The molecule has 14 nitrogen and oxygen atoms in total. The van der Waals surface area contributed by atoms with Crippen LogP contribution in [0.15, 0.2) is 118 Å². The normalized spacial score (nSPS) is 13.1. The summed E-state index contributed by atoms with van der Waals surface area (Å²) in [6, 6.07) is 23.1. The molecule has 0 aromatic heterocycles. The Morgan fingerprint density at radius 3 is 1.20 bits per heavy atom. The number of azo groups is 2. The van der Waals surface area contributed by atoms with E-state index in [0.29, 0.717) is 57.8 Å². The zero-order valence-corrected chi connectivity index (χ0v) is 39.7. The highest BCUT2D eigenvalue weighted by Crippen LogP contribution is 2.35. The Balaban J connectivity index is 1.32. The Morgan fingerprint density at radius 2 is 0.864 bits per heavy atom. The second kappa shape index (κ2) is 23.2. The fourth-order valence-corrected chi connectivity index (χ4v) is 7.73. The van der Waals surface area contributed by atoms with Gasteiger partial charge in [-0.25, -0.2) is 0 Å². The number of ketones is 2. The topological polar surface area (TPSA) is 200 Å². The predicted molar refractivity (Wildman–Crippen MR) is 261 cm³/mol. The maximum Gasteiger partial charge on any atom is 0.258 e. The third-order valence-electron chi connectivity index (χ3n) is 10.2. The van der Waals surface area contributed by atoms with Crippen LogP contribution in [0.3, 0.4) is 0 Å². The molecule has 18 heteroatoms. The fraction of sp³-hybridized carbons (Fsp3) is 0.250. The number of carbonyl (C=O) groups is 6. The first-order valence-corrected chi connectivity index (χ1v) is 22.3. The first-order valence-electron chi connectivity index (χ1n) is 20.7. The molecule has 0 bridgehead atoms. The Kier molecular flexibility index (Phi) is 17.8. The van der Waals surface area contributed by atoms with Crippen molar-refractivity contribution in [1.29, 1.82) is 0 Å². The monoisotopic (exact) mass is 970 g/mol. The molecule has 66 heavy (non-hydrogen) atoms. The zero-order valence-electron chi connectivity index (χ0n) is 36.7. The van der Waals surface area contributed by atoms with Crippen molar-refractivity contribution in [2.24, 2.45) is 20.5 Å². The summed E-state index contributed by atoms with van der Waals surface area (Å²) in [4.78, 5) is 79.4. The number of para-hydroxylation sites is 2. The maximum absolute atomic E-state index is 13.7. The van der Waals surface area contributed by atoms with Gasteiger partial charge in [-0.15, -0.1) is 23.2 Å². The Bertz CT molecular complexity index is 2560. The van der Waals surface area contributed by atoms with Gasteiger partial charge in [0.25, 0.3) is 23.6 Å². The van der Waals surface area contributed by atoms with Crippen molar-refractivity contribution < 1.29 is 28.8 Å². The van der Waals surface area contributed by atoms with E-state index in [1.54, 1.807) is 74.5 Å². The minimum Gasteiger partial charge on any atom is -0.323 e. The Morgan fingerprint density at radius 1 is 0.500 bits per heavy atom. The molecule has 0 fully saturated rings. The standard InChI is InChI=1S/C48H46Cl4N8O6/c1-7-29-30(8-2)38(56-48(66)44(28(6)62)60-58-40-22-14-18-34(42(40)52)46(64)54-36-20-12-10-16-32(36)26(4)50)24-23-37(29)55-47(65)43(27(5)61)59-57-39-21-13-17-33(41(39)51)45(63)53-35-19-11-9-15-31(35)25(3)49/h9-26,43-44H,7-8H2,1-6H3,(H,53,63)(H,54,64)(H,55,65)(H,56,66). The van der Waals surface area contributed by atoms with E-state index in [4.69, 9.17) is 46.4 Å². The van der Waals surface area contributed by atoms with Crippen molar-refractivity contribution >= 4 is 116 Å². The summed E-state index contributed by atoms with van der Waals surface area (Å²) < 4.78 is 0. The molecule has 0 heterocycles. The second-order valence-electron chi connectivity index (χ2n) is 14.9. The van der Waals surface area contributed by atoms with Crippen molar-refractivity contribution in [1.82, 2.24) is 0 Å². The Hall–Kier alpha value is -6.32. The van der Waals surface area contributed by atoms with Crippen LogP contribution in [0.5, 0.6) is 0 Å². The molecular formula is C48H46Cl4N8O6. The molecule has 0 aliphatic carbocycles. The van der Waals surface area contributed by atoms with Gasteiger partial charge in [0.2, 0.25) is 12.1 Å². The van der Waals surface area contributed by atoms with Crippen molar-refractivity contribution in [2.45, 2.75) is 77.2 Å².